The number of H-pyrrole nitrogens is 2. The van der Waals surface area contributed by atoms with Gasteiger partial charge in [-0.15, -0.1) is 20.4 Å². The summed E-state index contributed by atoms with van der Waals surface area (Å²) in [6.07, 6.45) is 3.74. The number of nitrogens with zero attached hydrogens (tertiary/aromatic N) is 4. The maximum absolute atomic E-state index is 4.23. The van der Waals surface area contributed by atoms with Crippen LogP contribution in [0.25, 0.3) is 22.8 Å². The van der Waals surface area contributed by atoms with Gasteiger partial charge in [-0.3, -0.25) is 0 Å². The molecule has 6 heteroatoms. The van der Waals surface area contributed by atoms with E-state index in [1.54, 1.807) is 0 Å². The highest BCUT2D eigenvalue weighted by Crippen LogP contribution is 2.15. The lowest BCUT2D eigenvalue weighted by Crippen LogP contribution is -1.93. The maximum atomic E-state index is 4.23. The minimum absolute atomic E-state index is 0.800. The van der Waals surface area contributed by atoms with Crippen molar-refractivity contribution < 1.29 is 0 Å². The lowest BCUT2D eigenvalue weighted by atomic mass is 10.2. The second-order valence-electron chi connectivity index (χ2n) is 6.03. The highest BCUT2D eigenvalue weighted by Gasteiger charge is 2.07. The van der Waals surface area contributed by atoms with Crippen LogP contribution in [0.2, 0.25) is 0 Å². The summed E-state index contributed by atoms with van der Waals surface area (Å²) >= 11 is 0. The molecular weight excluding hydrogens is 324 g/mol. The standard InChI is InChI=1S/C20H18N6/c1-3-9-15(10-4-1)19-21-17(23-25-19)13-7-8-14-18-22-20(26-24-18)16-11-5-2-6-12-16/h3-6,9-12H,7-8,13-14H2,(H,21,23,25)(H,22,24,26). The number of rotatable bonds is 7. The molecule has 0 aliphatic carbocycles. The van der Waals surface area contributed by atoms with Gasteiger partial charge in [0.2, 0.25) is 0 Å². The molecule has 0 amide bonds. The first kappa shape index (κ1) is 16.2. The number of aryl methyl sites for hydroxylation is 2. The molecule has 4 aromatic rings. The molecule has 0 saturated carbocycles. The molecule has 2 heterocycles. The Morgan fingerprint density at radius 1 is 0.615 bits per heavy atom. The van der Waals surface area contributed by atoms with Crippen molar-refractivity contribution in [3.8, 4) is 22.8 Å². The van der Waals surface area contributed by atoms with Crippen molar-refractivity contribution >= 4 is 0 Å². The van der Waals surface area contributed by atoms with Crippen LogP contribution in [0.4, 0.5) is 0 Å². The van der Waals surface area contributed by atoms with Gasteiger partial charge in [-0.05, 0) is 25.0 Å². The molecule has 4 rings (SSSR count). The Hall–Kier alpha value is -3.28. The third-order valence-electron chi connectivity index (χ3n) is 4.13. The average molecular weight is 342 g/mol. The van der Waals surface area contributed by atoms with Crippen molar-refractivity contribution in [3.63, 3.8) is 0 Å². The molecule has 6 nitrogen and oxygen atoms in total. The molecule has 128 valence electrons. The van der Waals surface area contributed by atoms with Gasteiger partial charge in [-0.1, -0.05) is 48.5 Å². The molecule has 2 radical (unpaired) electrons. The number of aromatic amines is 2. The zero-order valence-corrected chi connectivity index (χ0v) is 14.2. The summed E-state index contributed by atoms with van der Waals surface area (Å²) < 4.78 is 0. The first-order chi connectivity index (χ1) is 12.9. The summed E-state index contributed by atoms with van der Waals surface area (Å²) in [7, 11) is 0. The van der Waals surface area contributed by atoms with Crippen LogP contribution in [-0.4, -0.2) is 30.4 Å². The number of unbranched alkanes of at least 4 members (excludes halogenated alkanes) is 1. The van der Waals surface area contributed by atoms with Gasteiger partial charge in [0, 0.05) is 24.0 Å². The van der Waals surface area contributed by atoms with Crippen LogP contribution in [0.15, 0.2) is 48.5 Å². The van der Waals surface area contributed by atoms with Crippen molar-refractivity contribution in [3.05, 3.63) is 72.3 Å². The van der Waals surface area contributed by atoms with Gasteiger partial charge < -0.3 is 9.97 Å². The zero-order chi connectivity index (χ0) is 17.6. The molecule has 0 saturated heterocycles. The molecule has 2 aromatic heterocycles. The Balaban J connectivity index is 1.27. The van der Waals surface area contributed by atoms with Gasteiger partial charge >= 0.3 is 0 Å². The first-order valence-corrected chi connectivity index (χ1v) is 8.64. The van der Waals surface area contributed by atoms with E-state index in [1.165, 1.54) is 0 Å². The lowest BCUT2D eigenvalue weighted by Gasteiger charge is -1.97. The molecular formula is C20H18N6. The molecule has 0 aliphatic heterocycles. The van der Waals surface area contributed by atoms with Gasteiger partial charge in [0.05, 0.1) is 0 Å². The molecule has 0 fully saturated rings. The van der Waals surface area contributed by atoms with Crippen molar-refractivity contribution in [1.82, 2.24) is 30.4 Å². The molecule has 0 aliphatic rings. The van der Waals surface area contributed by atoms with Gasteiger partial charge in [0.15, 0.2) is 11.6 Å². The average Bonchev–Trinajstić information content (AvgIpc) is 3.37. The largest absolute Gasteiger partial charge is 0.325 e. The van der Waals surface area contributed by atoms with Crippen molar-refractivity contribution in [2.45, 2.75) is 25.7 Å². The highest BCUT2D eigenvalue weighted by atomic mass is 15.2. The minimum Gasteiger partial charge on any atom is -0.325 e. The molecule has 0 bridgehead atoms. The van der Waals surface area contributed by atoms with E-state index in [-0.39, 0.29) is 0 Å². The van der Waals surface area contributed by atoms with Gasteiger partial charge in [-0.25, -0.2) is 0 Å². The summed E-state index contributed by atoms with van der Waals surface area (Å²) in [5.74, 6) is 3.42. The van der Waals surface area contributed by atoms with Crippen LogP contribution >= 0.6 is 0 Å². The topological polar surface area (TPSA) is 83.1 Å². The van der Waals surface area contributed by atoms with E-state index >= 15 is 0 Å². The second-order valence-corrected chi connectivity index (χ2v) is 6.03. The number of aromatic nitrogens is 6. The van der Waals surface area contributed by atoms with Crippen molar-refractivity contribution in [1.29, 1.82) is 0 Å². The fraction of sp³-hybridized carbons (Fsp3) is 0.200. The van der Waals surface area contributed by atoms with E-state index in [9.17, 15) is 0 Å². The molecule has 0 spiro atoms. The fourth-order valence-electron chi connectivity index (χ4n) is 2.75. The predicted octanol–water partition coefficient (Wildman–Crippen LogP) is 3.42. The van der Waals surface area contributed by atoms with Crippen LogP contribution in [0.5, 0.6) is 0 Å². The third kappa shape index (κ3) is 3.85. The predicted molar refractivity (Wildman–Crippen MR) is 98.0 cm³/mol. The normalized spacial score (nSPS) is 10.9. The lowest BCUT2D eigenvalue weighted by molar-refractivity contribution is 0.690. The van der Waals surface area contributed by atoms with Crippen LogP contribution in [-0.2, 0) is 12.8 Å². The number of hydrogen-bond donors (Lipinski definition) is 2. The molecule has 2 N–H and O–H groups in total. The second kappa shape index (κ2) is 7.74. The number of benzene rings is 2. The van der Waals surface area contributed by atoms with Gasteiger partial charge in [0.25, 0.3) is 0 Å². The Morgan fingerprint density at radius 3 is 1.46 bits per heavy atom. The van der Waals surface area contributed by atoms with Crippen LogP contribution < -0.4 is 0 Å². The maximum Gasteiger partial charge on any atom is 0.161 e. The van der Waals surface area contributed by atoms with Gasteiger partial charge in [0.1, 0.15) is 11.6 Å². The fourth-order valence-corrected chi connectivity index (χ4v) is 2.75. The van der Waals surface area contributed by atoms with E-state index in [0.717, 1.165) is 60.1 Å². The molecule has 26 heavy (non-hydrogen) atoms. The first-order valence-electron chi connectivity index (χ1n) is 8.64. The quantitative estimate of drug-likeness (QED) is 0.504. The zero-order valence-electron chi connectivity index (χ0n) is 14.2. The molecule has 0 unspecified atom stereocenters. The van der Waals surface area contributed by atoms with E-state index in [2.05, 4.69) is 42.5 Å². The van der Waals surface area contributed by atoms with E-state index in [0.29, 0.717) is 0 Å². The van der Waals surface area contributed by atoms with Crippen LogP contribution in [0.1, 0.15) is 24.5 Å². The van der Waals surface area contributed by atoms with Crippen LogP contribution in [0, 0.1) is 12.1 Å². The Labute approximate surface area is 151 Å². The number of nitrogens with one attached hydrogen (secondary N) is 2. The van der Waals surface area contributed by atoms with Crippen molar-refractivity contribution in [2.24, 2.45) is 0 Å². The highest BCUT2D eigenvalue weighted by molar-refractivity contribution is 5.54. The van der Waals surface area contributed by atoms with E-state index in [4.69, 9.17) is 0 Å². The summed E-state index contributed by atoms with van der Waals surface area (Å²) in [6.45, 7) is 0. The Kier molecular flexibility index (Phi) is 4.82. The molecule has 0 atom stereocenters. The summed E-state index contributed by atoms with van der Waals surface area (Å²) in [4.78, 5) is 6.56. The third-order valence-corrected chi connectivity index (χ3v) is 4.13. The monoisotopic (exact) mass is 342 g/mol. The number of hydrogen-bond acceptors (Lipinski definition) is 4. The summed E-state index contributed by atoms with van der Waals surface area (Å²) in [5, 5.41) is 16.9. The Morgan fingerprint density at radius 2 is 1.04 bits per heavy atom. The molecule has 2 aromatic carbocycles. The summed E-state index contributed by atoms with van der Waals surface area (Å²) in [6, 6.07) is 21.4. The Bertz CT molecular complexity index is 863. The summed E-state index contributed by atoms with van der Waals surface area (Å²) in [5.41, 5.74) is 2.05. The minimum atomic E-state index is 0.800. The van der Waals surface area contributed by atoms with E-state index < -0.39 is 0 Å². The smallest absolute Gasteiger partial charge is 0.161 e. The SMILES string of the molecule is [c]1ccc(-c2nnc(CCCCc3nnc(-c4cc[c]cc4)[nH]3)[nH]2)cc1. The van der Waals surface area contributed by atoms with Gasteiger partial charge in [-0.2, -0.15) is 0 Å². The van der Waals surface area contributed by atoms with Crippen LogP contribution in [0.3, 0.4) is 0 Å². The van der Waals surface area contributed by atoms with E-state index in [1.807, 2.05) is 48.5 Å². The van der Waals surface area contributed by atoms with Crippen molar-refractivity contribution in [2.75, 3.05) is 0 Å².